The van der Waals surface area contributed by atoms with Gasteiger partial charge in [0.1, 0.15) is 0 Å². The summed E-state index contributed by atoms with van der Waals surface area (Å²) >= 11 is 0. The van der Waals surface area contributed by atoms with E-state index in [-0.39, 0.29) is 25.0 Å². The average Bonchev–Trinajstić information content (AvgIpc) is 2.70. The van der Waals surface area contributed by atoms with Gasteiger partial charge < -0.3 is 19.6 Å². The number of hydrogen-bond acceptors (Lipinski definition) is 4. The van der Waals surface area contributed by atoms with E-state index in [1.807, 2.05) is 0 Å². The summed E-state index contributed by atoms with van der Waals surface area (Å²) in [6, 6.07) is 0. The minimum Gasteiger partial charge on any atom is -0.481 e. The van der Waals surface area contributed by atoms with E-state index in [9.17, 15) is 14.4 Å². The molecule has 2 rings (SSSR count). The molecule has 0 aliphatic carbocycles. The standard InChI is InChI=1S/C11H16N2O5/c14-9-6-8(10(15)16)7-13(9)4-3-12-2-1-5-18-11(12)17/h8H,1-7H2,(H,15,16). The molecular weight excluding hydrogens is 240 g/mol. The topological polar surface area (TPSA) is 87.2 Å². The van der Waals surface area contributed by atoms with Crippen molar-refractivity contribution in [1.82, 2.24) is 9.80 Å². The Morgan fingerprint density at radius 3 is 2.67 bits per heavy atom. The maximum atomic E-state index is 11.6. The summed E-state index contributed by atoms with van der Waals surface area (Å²) in [6.45, 7) is 2.08. The normalized spacial score (nSPS) is 24.3. The van der Waals surface area contributed by atoms with E-state index in [2.05, 4.69) is 0 Å². The zero-order valence-electron chi connectivity index (χ0n) is 10.0. The summed E-state index contributed by atoms with van der Waals surface area (Å²) in [6.07, 6.45) is 0.486. The van der Waals surface area contributed by atoms with Gasteiger partial charge in [0.2, 0.25) is 5.91 Å². The summed E-state index contributed by atoms with van der Waals surface area (Å²) in [5.74, 6) is -1.72. The molecule has 0 aromatic rings. The Morgan fingerprint density at radius 2 is 2.06 bits per heavy atom. The highest BCUT2D eigenvalue weighted by Crippen LogP contribution is 2.17. The molecule has 0 aromatic carbocycles. The number of ether oxygens (including phenoxy) is 1. The first-order valence-corrected chi connectivity index (χ1v) is 6.00. The molecule has 1 unspecified atom stereocenters. The van der Waals surface area contributed by atoms with Crippen molar-refractivity contribution in [2.75, 3.05) is 32.8 Å². The first-order valence-electron chi connectivity index (χ1n) is 6.00. The fourth-order valence-corrected chi connectivity index (χ4v) is 2.20. The smallest absolute Gasteiger partial charge is 0.409 e. The van der Waals surface area contributed by atoms with E-state index in [1.54, 1.807) is 4.90 Å². The van der Waals surface area contributed by atoms with Crippen molar-refractivity contribution in [2.45, 2.75) is 12.8 Å². The molecule has 2 saturated heterocycles. The van der Waals surface area contributed by atoms with Crippen molar-refractivity contribution < 1.29 is 24.2 Å². The maximum absolute atomic E-state index is 11.6. The zero-order valence-corrected chi connectivity index (χ0v) is 10.0. The molecule has 7 heteroatoms. The second kappa shape index (κ2) is 5.24. The number of carboxylic acid groups (broad SMARTS) is 1. The average molecular weight is 256 g/mol. The number of rotatable bonds is 4. The number of amides is 2. The van der Waals surface area contributed by atoms with Crippen LogP contribution in [0.4, 0.5) is 4.79 Å². The molecule has 0 aromatic heterocycles. The van der Waals surface area contributed by atoms with Crippen molar-refractivity contribution in [3.63, 3.8) is 0 Å². The van der Waals surface area contributed by atoms with Crippen molar-refractivity contribution in [3.8, 4) is 0 Å². The van der Waals surface area contributed by atoms with E-state index >= 15 is 0 Å². The Morgan fingerprint density at radius 1 is 1.33 bits per heavy atom. The van der Waals surface area contributed by atoms with Gasteiger partial charge in [-0.15, -0.1) is 0 Å². The number of carbonyl (C=O) groups excluding carboxylic acids is 2. The van der Waals surface area contributed by atoms with Gasteiger partial charge in [0.15, 0.2) is 0 Å². The van der Waals surface area contributed by atoms with E-state index in [0.717, 1.165) is 6.42 Å². The van der Waals surface area contributed by atoms with E-state index in [0.29, 0.717) is 26.2 Å². The molecule has 100 valence electrons. The summed E-state index contributed by atoms with van der Waals surface area (Å²) in [5.41, 5.74) is 0. The van der Waals surface area contributed by atoms with Crippen molar-refractivity contribution in [2.24, 2.45) is 5.92 Å². The molecule has 0 spiro atoms. The van der Waals surface area contributed by atoms with E-state index in [1.165, 1.54) is 4.90 Å². The van der Waals surface area contributed by atoms with Crippen LogP contribution in [0.5, 0.6) is 0 Å². The van der Waals surface area contributed by atoms with Crippen LogP contribution >= 0.6 is 0 Å². The van der Waals surface area contributed by atoms with Crippen molar-refractivity contribution in [3.05, 3.63) is 0 Å². The first kappa shape index (κ1) is 12.7. The molecule has 2 amide bonds. The van der Waals surface area contributed by atoms with Gasteiger partial charge in [-0.05, 0) is 6.42 Å². The Labute approximate surface area is 104 Å². The van der Waals surface area contributed by atoms with Crippen molar-refractivity contribution in [1.29, 1.82) is 0 Å². The summed E-state index contributed by atoms with van der Waals surface area (Å²) in [4.78, 5) is 36.8. The number of cyclic esters (lactones) is 1. The second-order valence-corrected chi connectivity index (χ2v) is 4.53. The largest absolute Gasteiger partial charge is 0.481 e. The van der Waals surface area contributed by atoms with E-state index in [4.69, 9.17) is 9.84 Å². The van der Waals surface area contributed by atoms with E-state index < -0.39 is 11.9 Å². The third-order valence-corrected chi connectivity index (χ3v) is 3.26. The molecule has 0 radical (unpaired) electrons. The van der Waals surface area contributed by atoms with Crippen LogP contribution in [0.3, 0.4) is 0 Å². The summed E-state index contributed by atoms with van der Waals surface area (Å²) < 4.78 is 4.88. The quantitative estimate of drug-likeness (QED) is 0.750. The number of carboxylic acids is 1. The minimum atomic E-state index is -0.941. The third-order valence-electron chi connectivity index (χ3n) is 3.26. The fourth-order valence-electron chi connectivity index (χ4n) is 2.20. The highest BCUT2D eigenvalue weighted by molar-refractivity contribution is 5.86. The van der Waals surface area contributed by atoms with Crippen LogP contribution in [0.1, 0.15) is 12.8 Å². The van der Waals surface area contributed by atoms with Crippen LogP contribution < -0.4 is 0 Å². The van der Waals surface area contributed by atoms with Crippen LogP contribution in [0.2, 0.25) is 0 Å². The molecule has 1 atom stereocenters. The number of aliphatic carboxylic acids is 1. The predicted octanol–water partition coefficient (Wildman–Crippen LogP) is -0.238. The molecule has 1 N–H and O–H groups in total. The van der Waals surface area contributed by atoms with Crippen LogP contribution in [0, 0.1) is 5.92 Å². The van der Waals surface area contributed by atoms with Crippen LogP contribution in [0.15, 0.2) is 0 Å². The fraction of sp³-hybridized carbons (Fsp3) is 0.727. The van der Waals surface area contributed by atoms with Gasteiger partial charge in [-0.2, -0.15) is 0 Å². The first-order chi connectivity index (χ1) is 8.58. The molecule has 0 saturated carbocycles. The number of hydrogen-bond donors (Lipinski definition) is 1. The lowest BCUT2D eigenvalue weighted by molar-refractivity contribution is -0.141. The lowest BCUT2D eigenvalue weighted by Crippen LogP contribution is -2.43. The number of likely N-dealkylation sites (tertiary alicyclic amines) is 1. The highest BCUT2D eigenvalue weighted by Gasteiger charge is 2.34. The predicted molar refractivity (Wildman–Crippen MR) is 59.9 cm³/mol. The molecule has 2 heterocycles. The number of nitrogens with zero attached hydrogens (tertiary/aromatic N) is 2. The van der Waals surface area contributed by atoms with Gasteiger partial charge in [0, 0.05) is 32.6 Å². The van der Waals surface area contributed by atoms with Gasteiger partial charge in [0.25, 0.3) is 0 Å². The Kier molecular flexibility index (Phi) is 3.69. The molecule has 2 aliphatic heterocycles. The van der Waals surface area contributed by atoms with Gasteiger partial charge in [0.05, 0.1) is 12.5 Å². The highest BCUT2D eigenvalue weighted by atomic mass is 16.6. The van der Waals surface area contributed by atoms with Crippen LogP contribution in [0.25, 0.3) is 0 Å². The molecule has 7 nitrogen and oxygen atoms in total. The summed E-state index contributed by atoms with van der Waals surface area (Å²) in [5, 5.41) is 8.84. The lowest BCUT2D eigenvalue weighted by Gasteiger charge is -2.28. The monoisotopic (exact) mass is 256 g/mol. The summed E-state index contributed by atoms with van der Waals surface area (Å²) in [7, 11) is 0. The van der Waals surface area contributed by atoms with Crippen LogP contribution in [-0.2, 0) is 14.3 Å². The molecular formula is C11H16N2O5. The zero-order chi connectivity index (χ0) is 13.1. The maximum Gasteiger partial charge on any atom is 0.409 e. The van der Waals surface area contributed by atoms with Crippen molar-refractivity contribution >= 4 is 18.0 Å². The molecule has 18 heavy (non-hydrogen) atoms. The van der Waals surface area contributed by atoms with Gasteiger partial charge >= 0.3 is 12.1 Å². The van der Waals surface area contributed by atoms with Gasteiger partial charge in [-0.1, -0.05) is 0 Å². The van der Waals surface area contributed by atoms with Crippen LogP contribution in [-0.4, -0.2) is 65.7 Å². The molecule has 2 fully saturated rings. The van der Waals surface area contributed by atoms with Gasteiger partial charge in [-0.25, -0.2) is 4.79 Å². The van der Waals surface area contributed by atoms with Gasteiger partial charge in [-0.3, -0.25) is 9.59 Å². The Hall–Kier alpha value is -1.79. The Balaban J connectivity index is 1.81. The Bertz CT molecular complexity index is 370. The molecule has 2 aliphatic rings. The minimum absolute atomic E-state index is 0.0553. The third kappa shape index (κ3) is 2.72. The SMILES string of the molecule is O=C(O)C1CC(=O)N(CCN2CCCOC2=O)C1. The number of carbonyl (C=O) groups is 3. The molecule has 0 bridgehead atoms. The second-order valence-electron chi connectivity index (χ2n) is 4.53. The lowest BCUT2D eigenvalue weighted by atomic mass is 10.1.